The van der Waals surface area contributed by atoms with Crippen molar-refractivity contribution in [3.05, 3.63) is 54.1 Å². The number of benzene rings is 2. The minimum Gasteiger partial charge on any atom is -0.497 e. The lowest BCUT2D eigenvalue weighted by Crippen LogP contribution is -2.00. The Bertz CT molecular complexity index is 561. The largest absolute Gasteiger partial charge is 0.497 e. The fourth-order valence-electron chi connectivity index (χ4n) is 1.75. The molecule has 0 unspecified atom stereocenters. The number of hydrogen-bond acceptors (Lipinski definition) is 3. The van der Waals surface area contributed by atoms with Gasteiger partial charge in [0.1, 0.15) is 5.75 Å². The van der Waals surface area contributed by atoms with E-state index < -0.39 is 0 Å². The maximum absolute atomic E-state index is 11.5. The van der Waals surface area contributed by atoms with Crippen LogP contribution in [0.25, 0.3) is 11.1 Å². The third-order valence-electron chi connectivity index (χ3n) is 2.69. The fourth-order valence-corrected chi connectivity index (χ4v) is 1.75. The molecule has 0 heterocycles. The molecule has 3 heteroatoms. The first-order valence-electron chi connectivity index (χ1n) is 5.57. The Kier molecular flexibility index (Phi) is 3.63. The molecule has 0 aromatic heterocycles. The van der Waals surface area contributed by atoms with E-state index in [1.165, 1.54) is 7.11 Å². The second-order valence-corrected chi connectivity index (χ2v) is 3.80. The van der Waals surface area contributed by atoms with Gasteiger partial charge in [0, 0.05) is 0 Å². The van der Waals surface area contributed by atoms with Gasteiger partial charge in [0.05, 0.1) is 19.8 Å². The molecule has 18 heavy (non-hydrogen) atoms. The van der Waals surface area contributed by atoms with Crippen LogP contribution in [0.5, 0.6) is 5.75 Å². The van der Waals surface area contributed by atoms with Crippen LogP contribution >= 0.6 is 0 Å². The van der Waals surface area contributed by atoms with Gasteiger partial charge in [-0.3, -0.25) is 0 Å². The minimum atomic E-state index is -0.334. The molecule has 0 aliphatic rings. The summed E-state index contributed by atoms with van der Waals surface area (Å²) >= 11 is 0. The molecule has 2 aromatic carbocycles. The van der Waals surface area contributed by atoms with Gasteiger partial charge in [-0.1, -0.05) is 24.3 Å². The molecule has 3 nitrogen and oxygen atoms in total. The van der Waals surface area contributed by atoms with E-state index in [1.807, 2.05) is 36.4 Å². The summed E-state index contributed by atoms with van der Waals surface area (Å²) in [6.45, 7) is 0. The fraction of sp³-hybridized carbons (Fsp3) is 0.133. The average Bonchev–Trinajstić information content (AvgIpc) is 2.46. The van der Waals surface area contributed by atoms with E-state index in [9.17, 15) is 4.79 Å². The van der Waals surface area contributed by atoms with Crippen LogP contribution in [0.15, 0.2) is 48.5 Å². The van der Waals surface area contributed by atoms with Gasteiger partial charge in [-0.15, -0.1) is 0 Å². The lowest BCUT2D eigenvalue weighted by molar-refractivity contribution is 0.0601. The molecule has 0 saturated carbocycles. The zero-order valence-corrected chi connectivity index (χ0v) is 10.3. The van der Waals surface area contributed by atoms with Crippen LogP contribution in [-0.4, -0.2) is 20.2 Å². The highest BCUT2D eigenvalue weighted by Gasteiger charge is 2.07. The van der Waals surface area contributed by atoms with Gasteiger partial charge in [-0.2, -0.15) is 0 Å². The highest BCUT2D eigenvalue weighted by Crippen LogP contribution is 2.24. The van der Waals surface area contributed by atoms with Crippen LogP contribution in [0.4, 0.5) is 0 Å². The molecule has 0 N–H and O–H groups in total. The maximum atomic E-state index is 11.5. The normalized spacial score (nSPS) is 9.89. The molecule has 0 radical (unpaired) electrons. The number of methoxy groups -OCH3 is 2. The monoisotopic (exact) mass is 242 g/mol. The smallest absolute Gasteiger partial charge is 0.337 e. The molecule has 0 fully saturated rings. The lowest BCUT2D eigenvalue weighted by Gasteiger charge is -2.06. The molecule has 0 atom stereocenters. The van der Waals surface area contributed by atoms with Crippen molar-refractivity contribution in [1.82, 2.24) is 0 Å². The zero-order valence-electron chi connectivity index (χ0n) is 10.3. The van der Waals surface area contributed by atoms with Gasteiger partial charge in [0.25, 0.3) is 0 Å². The van der Waals surface area contributed by atoms with Gasteiger partial charge in [-0.05, 0) is 35.4 Å². The topological polar surface area (TPSA) is 35.5 Å². The first-order chi connectivity index (χ1) is 8.74. The van der Waals surface area contributed by atoms with Gasteiger partial charge < -0.3 is 9.47 Å². The van der Waals surface area contributed by atoms with Crippen molar-refractivity contribution >= 4 is 5.97 Å². The minimum absolute atomic E-state index is 0.334. The predicted molar refractivity (Wildman–Crippen MR) is 69.8 cm³/mol. The van der Waals surface area contributed by atoms with Crippen LogP contribution in [0.3, 0.4) is 0 Å². The Balaban J connectivity index is 2.41. The summed E-state index contributed by atoms with van der Waals surface area (Å²) in [5.74, 6) is 0.454. The van der Waals surface area contributed by atoms with Crippen LogP contribution in [0, 0.1) is 0 Å². The summed E-state index contributed by atoms with van der Waals surface area (Å²) in [5, 5.41) is 0. The van der Waals surface area contributed by atoms with Gasteiger partial charge >= 0.3 is 5.97 Å². The van der Waals surface area contributed by atoms with E-state index in [0.29, 0.717) is 5.56 Å². The van der Waals surface area contributed by atoms with Crippen LogP contribution in [0.2, 0.25) is 0 Å². The Morgan fingerprint density at radius 2 is 1.61 bits per heavy atom. The summed E-state index contributed by atoms with van der Waals surface area (Å²) in [5.41, 5.74) is 2.50. The number of esters is 1. The molecule has 92 valence electrons. The Labute approximate surface area is 106 Å². The predicted octanol–water partition coefficient (Wildman–Crippen LogP) is 3.15. The third kappa shape index (κ3) is 2.51. The van der Waals surface area contributed by atoms with Crippen LogP contribution < -0.4 is 4.74 Å². The maximum Gasteiger partial charge on any atom is 0.337 e. The molecule has 0 spiro atoms. The molecule has 0 aliphatic carbocycles. The number of hydrogen-bond donors (Lipinski definition) is 0. The van der Waals surface area contributed by atoms with Crippen molar-refractivity contribution in [2.75, 3.05) is 14.2 Å². The van der Waals surface area contributed by atoms with E-state index >= 15 is 0 Å². The van der Waals surface area contributed by atoms with Gasteiger partial charge in [0.2, 0.25) is 0 Å². The zero-order chi connectivity index (χ0) is 13.0. The van der Waals surface area contributed by atoms with E-state index in [2.05, 4.69) is 0 Å². The van der Waals surface area contributed by atoms with E-state index in [-0.39, 0.29) is 5.97 Å². The third-order valence-corrected chi connectivity index (χ3v) is 2.69. The SMILES string of the molecule is COC(=O)c1cccc(-c2cccc(OC)c2)c1. The summed E-state index contributed by atoms with van der Waals surface area (Å²) in [6.07, 6.45) is 0. The number of carbonyl (C=O) groups is 1. The van der Waals surface area contributed by atoms with Gasteiger partial charge in [-0.25, -0.2) is 4.79 Å². The second kappa shape index (κ2) is 5.36. The molecule has 0 aliphatic heterocycles. The summed E-state index contributed by atoms with van der Waals surface area (Å²) < 4.78 is 9.89. The van der Waals surface area contributed by atoms with E-state index in [4.69, 9.17) is 9.47 Å². The van der Waals surface area contributed by atoms with Crippen molar-refractivity contribution in [2.45, 2.75) is 0 Å². The van der Waals surface area contributed by atoms with E-state index in [0.717, 1.165) is 16.9 Å². The molecule has 2 aromatic rings. The van der Waals surface area contributed by atoms with Crippen molar-refractivity contribution in [3.8, 4) is 16.9 Å². The first kappa shape index (κ1) is 12.2. The molecule has 0 amide bonds. The second-order valence-electron chi connectivity index (χ2n) is 3.80. The Hall–Kier alpha value is -2.29. The Morgan fingerprint density at radius 1 is 0.944 bits per heavy atom. The summed E-state index contributed by atoms with van der Waals surface area (Å²) in [7, 11) is 3.00. The molecule has 2 rings (SSSR count). The molecule has 0 saturated heterocycles. The highest BCUT2D eigenvalue weighted by atomic mass is 16.5. The van der Waals surface area contributed by atoms with Gasteiger partial charge in [0.15, 0.2) is 0 Å². The van der Waals surface area contributed by atoms with Crippen molar-refractivity contribution in [1.29, 1.82) is 0 Å². The summed E-state index contributed by atoms with van der Waals surface area (Å²) in [6, 6.07) is 15.0. The average molecular weight is 242 g/mol. The number of ether oxygens (including phenoxy) is 2. The molecular formula is C15H14O3. The molecular weight excluding hydrogens is 228 g/mol. The number of carbonyl (C=O) groups excluding carboxylic acids is 1. The first-order valence-corrected chi connectivity index (χ1v) is 5.57. The molecule has 0 bridgehead atoms. The summed E-state index contributed by atoms with van der Waals surface area (Å²) in [4.78, 5) is 11.5. The lowest BCUT2D eigenvalue weighted by atomic mass is 10.0. The van der Waals surface area contributed by atoms with Crippen molar-refractivity contribution in [3.63, 3.8) is 0 Å². The number of rotatable bonds is 3. The standard InChI is InChI=1S/C15H14O3/c1-17-14-8-4-6-12(10-14)11-5-3-7-13(9-11)15(16)18-2/h3-10H,1-2H3. The van der Waals surface area contributed by atoms with Crippen molar-refractivity contribution < 1.29 is 14.3 Å². The van der Waals surface area contributed by atoms with E-state index in [1.54, 1.807) is 19.2 Å². The highest BCUT2D eigenvalue weighted by molar-refractivity contribution is 5.91. The van der Waals surface area contributed by atoms with Crippen molar-refractivity contribution in [2.24, 2.45) is 0 Å². The quantitative estimate of drug-likeness (QED) is 0.775. The van der Waals surface area contributed by atoms with Crippen LogP contribution in [-0.2, 0) is 4.74 Å². The Morgan fingerprint density at radius 3 is 2.28 bits per heavy atom. The van der Waals surface area contributed by atoms with Crippen LogP contribution in [0.1, 0.15) is 10.4 Å².